The van der Waals surface area contributed by atoms with Crippen molar-refractivity contribution in [1.29, 1.82) is 0 Å². The van der Waals surface area contributed by atoms with Gasteiger partial charge in [-0.1, -0.05) is 97.9 Å². The highest BCUT2D eigenvalue weighted by molar-refractivity contribution is 6.10. The van der Waals surface area contributed by atoms with Gasteiger partial charge < -0.3 is 24.2 Å². The van der Waals surface area contributed by atoms with Gasteiger partial charge in [-0.05, 0) is 106 Å². The molecule has 6 aromatic carbocycles. The van der Waals surface area contributed by atoms with Gasteiger partial charge in [-0.15, -0.1) is 0 Å². The molecule has 0 spiro atoms. The third-order valence-corrected chi connectivity index (χ3v) is 13.0. The highest BCUT2D eigenvalue weighted by Crippen LogP contribution is 2.60. The van der Waals surface area contributed by atoms with E-state index in [9.17, 15) is 0 Å². The van der Waals surface area contributed by atoms with Crippen molar-refractivity contribution in [2.75, 3.05) is 21.4 Å². The number of nitrogens with zero attached hydrogens (tertiary/aromatic N) is 5. The first-order valence-electron chi connectivity index (χ1n) is 21.6. The van der Waals surface area contributed by atoms with Crippen LogP contribution in [0.2, 0.25) is 0 Å². The summed E-state index contributed by atoms with van der Waals surface area (Å²) in [4.78, 5) is 11.8. The summed E-state index contributed by atoms with van der Waals surface area (Å²) in [5.41, 5.74) is 12.5. The van der Waals surface area contributed by atoms with E-state index in [-0.39, 0.29) is 16.2 Å². The fourth-order valence-electron chi connectivity index (χ4n) is 9.50. The molecule has 5 heterocycles. The van der Waals surface area contributed by atoms with Gasteiger partial charge in [0.1, 0.15) is 17.3 Å². The van der Waals surface area contributed by atoms with Gasteiger partial charge in [0.2, 0.25) is 0 Å². The summed E-state index contributed by atoms with van der Waals surface area (Å²) in [7, 11) is 0. The maximum absolute atomic E-state index is 6.71. The number of aromatic nitrogens is 2. The summed E-state index contributed by atoms with van der Waals surface area (Å²) in [6.07, 6.45) is 6.22. The van der Waals surface area contributed by atoms with Crippen molar-refractivity contribution in [2.24, 2.45) is 0 Å². The van der Waals surface area contributed by atoms with Gasteiger partial charge in [-0.2, -0.15) is 0 Å². The van der Waals surface area contributed by atoms with E-state index in [1.165, 1.54) is 38.7 Å². The van der Waals surface area contributed by atoms with E-state index >= 15 is 0 Å². The number of hydrogen-bond acceptors (Lipinski definition) is 6. The summed E-state index contributed by atoms with van der Waals surface area (Å²) < 4.78 is 15.7. The number of pyridine rings is 1. The van der Waals surface area contributed by atoms with E-state index in [1.807, 2.05) is 18.3 Å². The number of para-hydroxylation sites is 3. The molecule has 62 heavy (non-hydrogen) atoms. The normalized spacial score (nSPS) is 15.1. The molecule has 11 rings (SSSR count). The molecule has 0 unspecified atom stereocenters. The molecule has 0 amide bonds. The van der Waals surface area contributed by atoms with Gasteiger partial charge in [-0.25, -0.2) is 4.98 Å². The molecule has 0 N–H and O–H groups in total. The van der Waals surface area contributed by atoms with Crippen molar-refractivity contribution in [3.63, 3.8) is 0 Å². The minimum Gasteiger partial charge on any atom is -0.457 e. The fourth-order valence-corrected chi connectivity index (χ4v) is 9.50. The second kappa shape index (κ2) is 13.5. The van der Waals surface area contributed by atoms with Crippen LogP contribution in [0.15, 0.2) is 152 Å². The molecule has 0 aliphatic carbocycles. The first-order chi connectivity index (χ1) is 29.7. The smallest absolute Gasteiger partial charge is 0.153 e. The van der Waals surface area contributed by atoms with Gasteiger partial charge >= 0.3 is 0 Å². The Bertz CT molecular complexity index is 3140. The average Bonchev–Trinajstić information content (AvgIpc) is 3.88. The Hall–Kier alpha value is -6.99. The van der Waals surface area contributed by atoms with E-state index in [0.717, 1.165) is 62.6 Å². The second-order valence-electron chi connectivity index (χ2n) is 19.5. The van der Waals surface area contributed by atoms with E-state index in [2.05, 4.69) is 208 Å². The average molecular weight is 814 g/mol. The third kappa shape index (κ3) is 6.05. The Kier molecular flexibility index (Phi) is 8.27. The number of anilines is 5. The topological polar surface area (TPSA) is 46.0 Å². The van der Waals surface area contributed by atoms with Crippen LogP contribution in [0.5, 0.6) is 23.0 Å². The molecule has 2 aromatic heterocycles. The van der Waals surface area contributed by atoms with Crippen molar-refractivity contribution < 1.29 is 9.47 Å². The summed E-state index contributed by atoms with van der Waals surface area (Å²) in [5, 5.41) is 2.38. The van der Waals surface area contributed by atoms with Crippen LogP contribution in [-0.4, -0.2) is 16.2 Å². The predicted molar refractivity (Wildman–Crippen MR) is 255 cm³/mol. The van der Waals surface area contributed by atoms with Crippen molar-refractivity contribution in [1.82, 2.24) is 9.55 Å². The monoisotopic (exact) mass is 813 g/mol. The highest BCUT2D eigenvalue weighted by Gasteiger charge is 2.42. The quantitative estimate of drug-likeness (QED) is 0.172. The molecule has 308 valence electrons. The van der Waals surface area contributed by atoms with Crippen LogP contribution in [-0.2, 0) is 16.2 Å². The van der Waals surface area contributed by atoms with Crippen LogP contribution >= 0.6 is 0 Å². The van der Waals surface area contributed by atoms with E-state index in [4.69, 9.17) is 14.5 Å². The fraction of sp³-hybridized carbons (Fsp3) is 0.218. The maximum Gasteiger partial charge on any atom is 0.153 e. The first kappa shape index (κ1) is 38.0. The van der Waals surface area contributed by atoms with Crippen molar-refractivity contribution in [2.45, 2.75) is 71.6 Å². The van der Waals surface area contributed by atoms with Crippen LogP contribution in [0.3, 0.4) is 0 Å². The summed E-state index contributed by atoms with van der Waals surface area (Å²) in [6.45, 7) is 18.8. The molecule has 0 saturated heterocycles. The number of benzene rings is 6. The Morgan fingerprint density at radius 1 is 0.581 bits per heavy atom. The summed E-state index contributed by atoms with van der Waals surface area (Å²) in [6, 6.07) is 47.6. The van der Waals surface area contributed by atoms with Crippen molar-refractivity contribution in [3.8, 4) is 28.8 Å². The van der Waals surface area contributed by atoms with Crippen LogP contribution < -0.4 is 24.2 Å². The zero-order valence-corrected chi connectivity index (χ0v) is 36.7. The van der Waals surface area contributed by atoms with Crippen molar-refractivity contribution in [3.05, 3.63) is 174 Å². The summed E-state index contributed by atoms with van der Waals surface area (Å²) >= 11 is 0. The zero-order chi connectivity index (χ0) is 42.7. The molecular formula is C55H51N5O2. The van der Waals surface area contributed by atoms with Crippen LogP contribution in [0.25, 0.3) is 27.6 Å². The molecule has 7 nitrogen and oxygen atoms in total. The Labute approximate surface area is 364 Å². The Morgan fingerprint density at radius 3 is 2.11 bits per heavy atom. The molecule has 8 aromatic rings. The van der Waals surface area contributed by atoms with E-state index in [1.54, 1.807) is 0 Å². The molecule has 0 atom stereocenters. The van der Waals surface area contributed by atoms with E-state index in [0.29, 0.717) is 6.67 Å². The molecule has 3 aliphatic heterocycles. The molecular weight excluding hydrogens is 763 g/mol. The minimum absolute atomic E-state index is 0.0136. The van der Waals surface area contributed by atoms with E-state index < -0.39 is 0 Å². The van der Waals surface area contributed by atoms with Gasteiger partial charge in [-0.3, -0.25) is 4.57 Å². The maximum atomic E-state index is 6.71. The zero-order valence-electron chi connectivity index (χ0n) is 36.7. The largest absolute Gasteiger partial charge is 0.457 e. The van der Waals surface area contributed by atoms with Crippen LogP contribution in [0.4, 0.5) is 28.4 Å². The molecule has 0 radical (unpaired) electrons. The molecule has 0 fully saturated rings. The Balaban J connectivity index is 0.911. The van der Waals surface area contributed by atoms with Gasteiger partial charge in [0, 0.05) is 64.4 Å². The number of rotatable bonds is 5. The first-order valence-corrected chi connectivity index (χ1v) is 21.6. The summed E-state index contributed by atoms with van der Waals surface area (Å²) in [5.74, 6) is 4.16. The number of ether oxygens (including phenoxy) is 2. The van der Waals surface area contributed by atoms with Gasteiger partial charge in [0.15, 0.2) is 11.5 Å². The highest BCUT2D eigenvalue weighted by atomic mass is 16.5. The van der Waals surface area contributed by atoms with Gasteiger partial charge in [0.25, 0.3) is 0 Å². The molecule has 0 bridgehead atoms. The van der Waals surface area contributed by atoms with Gasteiger partial charge in [0.05, 0.1) is 34.8 Å². The molecule has 3 aliphatic rings. The lowest BCUT2D eigenvalue weighted by molar-refractivity contribution is 0.471. The molecule has 7 heteroatoms. The third-order valence-electron chi connectivity index (χ3n) is 13.0. The minimum atomic E-state index is -0.239. The molecule has 0 saturated carbocycles. The predicted octanol–water partition coefficient (Wildman–Crippen LogP) is 14.5. The Morgan fingerprint density at radius 2 is 1.31 bits per heavy atom. The van der Waals surface area contributed by atoms with Crippen LogP contribution in [0, 0.1) is 0 Å². The lowest BCUT2D eigenvalue weighted by Gasteiger charge is -2.45. The standard InChI is InChI=1S/C55H51N5O2/c1-53(2,3)35-20-23-45-42(28-35)41-22-21-40(33-48(41)59(45)51-29-36(24-25-56-51)54(4,5)6)61-39-15-13-14-37(30-39)57-26-27-58(34-57)38-31-44-52-50(32-38)62-49-19-12-11-18-47(49)60(52)46-17-10-9-16-43(46)55(44,7)8/h9-33H,34H2,1-8H3. The number of fused-ring (bicyclic) bond motifs is 7. The van der Waals surface area contributed by atoms with Crippen molar-refractivity contribution >= 4 is 50.2 Å². The SMILES string of the molecule is CC(C)(C)c1ccnc(-n2c3ccc(C(C)(C)C)cc3c3ccc(Oc4cccc(N5C=CN(c6cc7c8c(c6)C(C)(C)c6ccccc6N8c6ccccc6O7)C5)c4)cc32)c1. The lowest BCUT2D eigenvalue weighted by atomic mass is 9.73. The number of hydrogen-bond donors (Lipinski definition) is 0. The van der Waals surface area contributed by atoms with Crippen LogP contribution in [0.1, 0.15) is 77.6 Å². The lowest BCUT2D eigenvalue weighted by Crippen LogP contribution is -2.33. The second-order valence-corrected chi connectivity index (χ2v) is 19.5.